The lowest BCUT2D eigenvalue weighted by molar-refractivity contribution is -0.138. The van der Waals surface area contributed by atoms with Gasteiger partial charge in [-0.05, 0) is 19.8 Å². The van der Waals surface area contributed by atoms with E-state index in [9.17, 15) is 9.90 Å². The summed E-state index contributed by atoms with van der Waals surface area (Å²) in [4.78, 5) is 29.0. The van der Waals surface area contributed by atoms with Crippen molar-refractivity contribution in [2.45, 2.75) is 25.8 Å². The largest absolute Gasteiger partial charge is 0.480 e. The Bertz CT molecular complexity index is 626. The summed E-state index contributed by atoms with van der Waals surface area (Å²) < 4.78 is 0. The summed E-state index contributed by atoms with van der Waals surface area (Å²) in [5.74, 6) is 0.911. The van der Waals surface area contributed by atoms with Crippen molar-refractivity contribution in [3.05, 3.63) is 24.2 Å². The molecule has 2 aromatic rings. The van der Waals surface area contributed by atoms with Crippen LogP contribution in [-0.2, 0) is 4.79 Å². The van der Waals surface area contributed by atoms with Gasteiger partial charge in [0.15, 0.2) is 11.6 Å². The van der Waals surface area contributed by atoms with Gasteiger partial charge in [-0.1, -0.05) is 0 Å². The van der Waals surface area contributed by atoms with Crippen molar-refractivity contribution in [1.29, 1.82) is 0 Å². The lowest BCUT2D eigenvalue weighted by Gasteiger charge is -2.22. The van der Waals surface area contributed by atoms with Crippen LogP contribution >= 0.6 is 0 Å². The molecule has 0 aromatic carbocycles. The van der Waals surface area contributed by atoms with Gasteiger partial charge < -0.3 is 15.0 Å². The van der Waals surface area contributed by atoms with Crippen molar-refractivity contribution in [3.8, 4) is 11.6 Å². The van der Waals surface area contributed by atoms with Gasteiger partial charge in [0.1, 0.15) is 11.9 Å². The number of nitrogens with zero attached hydrogens (tertiary/aromatic N) is 4. The number of carbonyl (C=O) groups is 1. The van der Waals surface area contributed by atoms with E-state index < -0.39 is 12.0 Å². The van der Waals surface area contributed by atoms with Gasteiger partial charge in [-0.3, -0.25) is 0 Å². The van der Waals surface area contributed by atoms with Crippen LogP contribution in [0, 0.1) is 6.92 Å². The molecule has 1 atom stereocenters. The number of carboxylic acid groups (broad SMARTS) is 1. The van der Waals surface area contributed by atoms with Gasteiger partial charge in [-0.25, -0.2) is 19.7 Å². The third kappa shape index (κ3) is 2.22. The molecule has 0 radical (unpaired) electrons. The molecule has 2 aromatic heterocycles. The Kier molecular flexibility index (Phi) is 3.09. The molecular formula is C13H15N5O2. The zero-order chi connectivity index (χ0) is 14.1. The van der Waals surface area contributed by atoms with E-state index in [-0.39, 0.29) is 0 Å². The van der Waals surface area contributed by atoms with Crippen LogP contribution in [0.1, 0.15) is 18.5 Å². The average molecular weight is 273 g/mol. The van der Waals surface area contributed by atoms with E-state index in [2.05, 4.69) is 19.9 Å². The highest BCUT2D eigenvalue weighted by Gasteiger charge is 2.31. The van der Waals surface area contributed by atoms with Crippen LogP contribution in [0.15, 0.2) is 18.5 Å². The van der Waals surface area contributed by atoms with Crippen molar-refractivity contribution >= 4 is 11.8 Å². The number of H-pyrrole nitrogens is 1. The van der Waals surface area contributed by atoms with Crippen molar-refractivity contribution in [2.24, 2.45) is 0 Å². The first-order valence-corrected chi connectivity index (χ1v) is 6.50. The normalized spacial score (nSPS) is 18.4. The SMILES string of the molecule is Cc1cc(N2CCCC2C(=O)O)nc(-c2ncc[nH]2)n1. The highest BCUT2D eigenvalue weighted by Crippen LogP contribution is 2.26. The van der Waals surface area contributed by atoms with Crippen molar-refractivity contribution in [3.63, 3.8) is 0 Å². The number of hydrogen-bond donors (Lipinski definition) is 2. The minimum atomic E-state index is -0.807. The zero-order valence-corrected chi connectivity index (χ0v) is 11.1. The van der Waals surface area contributed by atoms with E-state index in [0.29, 0.717) is 30.4 Å². The van der Waals surface area contributed by atoms with Gasteiger partial charge in [-0.15, -0.1) is 0 Å². The molecule has 7 nitrogen and oxygen atoms in total. The number of aliphatic carboxylic acids is 1. The Hall–Kier alpha value is -2.44. The maximum Gasteiger partial charge on any atom is 0.326 e. The van der Waals surface area contributed by atoms with E-state index in [0.717, 1.165) is 12.1 Å². The first kappa shape index (κ1) is 12.6. The molecule has 104 valence electrons. The Balaban J connectivity index is 2.00. The number of aryl methyl sites for hydroxylation is 1. The molecule has 3 heterocycles. The highest BCUT2D eigenvalue weighted by molar-refractivity contribution is 5.78. The van der Waals surface area contributed by atoms with Gasteiger partial charge in [0.25, 0.3) is 0 Å². The molecular weight excluding hydrogens is 258 g/mol. The van der Waals surface area contributed by atoms with Crippen molar-refractivity contribution in [1.82, 2.24) is 19.9 Å². The van der Waals surface area contributed by atoms with Gasteiger partial charge in [0, 0.05) is 30.7 Å². The summed E-state index contributed by atoms with van der Waals surface area (Å²) in [6.07, 6.45) is 4.85. The van der Waals surface area contributed by atoms with Crippen LogP contribution in [0.3, 0.4) is 0 Å². The molecule has 1 fully saturated rings. The van der Waals surface area contributed by atoms with Gasteiger partial charge in [0.2, 0.25) is 0 Å². The predicted octanol–water partition coefficient (Wildman–Crippen LogP) is 1.23. The fraction of sp³-hybridized carbons (Fsp3) is 0.385. The van der Waals surface area contributed by atoms with Gasteiger partial charge in [-0.2, -0.15) is 0 Å². The Labute approximate surface area is 115 Å². The number of aromatic amines is 1. The lowest BCUT2D eigenvalue weighted by Crippen LogP contribution is -2.36. The first-order chi connectivity index (χ1) is 9.65. The summed E-state index contributed by atoms with van der Waals surface area (Å²) in [5.41, 5.74) is 0.789. The predicted molar refractivity (Wildman–Crippen MR) is 72.4 cm³/mol. The van der Waals surface area contributed by atoms with Crippen LogP contribution in [0.4, 0.5) is 5.82 Å². The van der Waals surface area contributed by atoms with E-state index in [1.54, 1.807) is 12.4 Å². The number of aromatic nitrogens is 4. The zero-order valence-electron chi connectivity index (χ0n) is 11.1. The highest BCUT2D eigenvalue weighted by atomic mass is 16.4. The van der Waals surface area contributed by atoms with Crippen LogP contribution in [0.25, 0.3) is 11.6 Å². The number of hydrogen-bond acceptors (Lipinski definition) is 5. The average Bonchev–Trinajstić information content (AvgIpc) is 3.09. The van der Waals surface area contributed by atoms with Crippen molar-refractivity contribution < 1.29 is 9.90 Å². The van der Waals surface area contributed by atoms with E-state index in [1.165, 1.54) is 0 Å². The Morgan fingerprint density at radius 2 is 2.35 bits per heavy atom. The van der Waals surface area contributed by atoms with Crippen molar-refractivity contribution in [2.75, 3.05) is 11.4 Å². The quantitative estimate of drug-likeness (QED) is 0.873. The summed E-state index contributed by atoms with van der Waals surface area (Å²) in [7, 11) is 0. The molecule has 0 aliphatic carbocycles. The number of carboxylic acids is 1. The summed E-state index contributed by atoms with van der Waals surface area (Å²) in [5, 5.41) is 9.26. The van der Waals surface area contributed by atoms with Crippen LogP contribution < -0.4 is 4.90 Å². The summed E-state index contributed by atoms with van der Waals surface area (Å²) in [6, 6.07) is 1.31. The molecule has 1 unspecified atom stereocenters. The number of nitrogens with one attached hydrogen (secondary N) is 1. The van der Waals surface area contributed by atoms with Crippen LogP contribution in [0.2, 0.25) is 0 Å². The molecule has 0 spiro atoms. The Morgan fingerprint density at radius 3 is 3.05 bits per heavy atom. The molecule has 1 aliphatic rings. The molecule has 0 saturated carbocycles. The number of anilines is 1. The molecule has 0 amide bonds. The summed E-state index contributed by atoms with van der Waals surface area (Å²) >= 11 is 0. The first-order valence-electron chi connectivity index (χ1n) is 6.50. The molecule has 0 bridgehead atoms. The number of imidazole rings is 1. The smallest absolute Gasteiger partial charge is 0.326 e. The molecule has 2 N–H and O–H groups in total. The maximum atomic E-state index is 11.3. The number of rotatable bonds is 3. The fourth-order valence-corrected chi connectivity index (χ4v) is 2.49. The molecule has 1 saturated heterocycles. The Morgan fingerprint density at radius 1 is 1.50 bits per heavy atom. The monoisotopic (exact) mass is 273 g/mol. The second-order valence-corrected chi connectivity index (χ2v) is 4.82. The summed E-state index contributed by atoms with van der Waals surface area (Å²) in [6.45, 7) is 2.56. The van der Waals surface area contributed by atoms with Gasteiger partial charge >= 0.3 is 5.97 Å². The minimum Gasteiger partial charge on any atom is -0.480 e. The topological polar surface area (TPSA) is 95.0 Å². The maximum absolute atomic E-state index is 11.3. The second-order valence-electron chi connectivity index (χ2n) is 4.82. The second kappa shape index (κ2) is 4.92. The van der Waals surface area contributed by atoms with E-state index >= 15 is 0 Å². The molecule has 3 rings (SSSR count). The lowest BCUT2D eigenvalue weighted by atomic mass is 10.2. The third-order valence-electron chi connectivity index (χ3n) is 3.38. The van der Waals surface area contributed by atoms with Gasteiger partial charge in [0.05, 0.1) is 0 Å². The van der Waals surface area contributed by atoms with E-state index in [4.69, 9.17) is 0 Å². The third-order valence-corrected chi connectivity index (χ3v) is 3.38. The molecule has 1 aliphatic heterocycles. The fourth-order valence-electron chi connectivity index (χ4n) is 2.49. The minimum absolute atomic E-state index is 0.487. The molecule has 20 heavy (non-hydrogen) atoms. The van der Waals surface area contributed by atoms with Crippen LogP contribution in [0.5, 0.6) is 0 Å². The standard InChI is InChI=1S/C13H15N5O2/c1-8-7-10(18-6-2-3-9(18)13(19)20)17-12(16-8)11-14-4-5-15-11/h4-5,7,9H,2-3,6H2,1H3,(H,14,15)(H,19,20). The molecule has 7 heteroatoms. The van der Waals surface area contributed by atoms with E-state index in [1.807, 2.05) is 17.9 Å². The van der Waals surface area contributed by atoms with Crippen LogP contribution in [-0.4, -0.2) is 43.6 Å².